The molecule has 3 saturated heterocycles. The van der Waals surface area contributed by atoms with Gasteiger partial charge in [-0.3, -0.25) is 14.4 Å². The summed E-state index contributed by atoms with van der Waals surface area (Å²) in [5.74, 6) is -2.29. The van der Waals surface area contributed by atoms with E-state index in [4.69, 9.17) is 4.74 Å². The van der Waals surface area contributed by atoms with Gasteiger partial charge in [0.05, 0.1) is 17.4 Å². The minimum absolute atomic E-state index is 0.126. The van der Waals surface area contributed by atoms with Crippen LogP contribution in [0.15, 0.2) is 73.8 Å². The highest BCUT2D eigenvalue weighted by Gasteiger charge is 2.79. The molecule has 8 heteroatoms. The molecular weight excluding hydrogens is 542 g/mol. The number of anilines is 2. The second kappa shape index (κ2) is 12.1. The summed E-state index contributed by atoms with van der Waals surface area (Å²) in [4.78, 5) is 48.8. The lowest BCUT2D eigenvalue weighted by atomic mass is 9.64. The van der Waals surface area contributed by atoms with E-state index in [0.29, 0.717) is 25.7 Å². The number of rotatable bonds is 12. The van der Waals surface area contributed by atoms with E-state index in [1.54, 1.807) is 26.9 Å². The third-order valence-electron chi connectivity index (χ3n) is 9.62. The normalized spacial score (nSPS) is 27.2. The van der Waals surface area contributed by atoms with Gasteiger partial charge in [-0.05, 0) is 68.9 Å². The number of nitrogens with zero attached hydrogens (tertiary/aromatic N) is 3. The number of amides is 3. The van der Waals surface area contributed by atoms with E-state index >= 15 is 0 Å². The zero-order valence-electron chi connectivity index (χ0n) is 25.5. The highest BCUT2D eigenvalue weighted by Crippen LogP contribution is 2.64. The third kappa shape index (κ3) is 4.90. The number of para-hydroxylation sites is 1. The lowest BCUT2D eigenvalue weighted by Crippen LogP contribution is -2.57. The third-order valence-corrected chi connectivity index (χ3v) is 9.62. The molecule has 2 aromatic rings. The van der Waals surface area contributed by atoms with Crippen LogP contribution in [0.3, 0.4) is 0 Å². The van der Waals surface area contributed by atoms with Crippen molar-refractivity contribution in [2.75, 3.05) is 36.0 Å². The van der Waals surface area contributed by atoms with Crippen LogP contribution in [0.5, 0.6) is 0 Å². The Morgan fingerprint density at radius 1 is 1.05 bits per heavy atom. The van der Waals surface area contributed by atoms with Crippen LogP contribution in [0.1, 0.15) is 43.7 Å². The molecule has 2 aromatic carbocycles. The molecule has 43 heavy (non-hydrogen) atoms. The van der Waals surface area contributed by atoms with Gasteiger partial charge in [0.2, 0.25) is 11.8 Å². The molecule has 5 rings (SSSR count). The van der Waals surface area contributed by atoms with E-state index in [1.807, 2.05) is 69.3 Å². The van der Waals surface area contributed by atoms with Crippen molar-refractivity contribution >= 4 is 29.1 Å². The Balaban J connectivity index is 1.62. The van der Waals surface area contributed by atoms with Crippen LogP contribution in [0.4, 0.5) is 11.4 Å². The summed E-state index contributed by atoms with van der Waals surface area (Å²) in [6.07, 6.45) is 5.28. The van der Waals surface area contributed by atoms with Gasteiger partial charge in [-0.15, -0.1) is 13.2 Å². The van der Waals surface area contributed by atoms with E-state index in [9.17, 15) is 19.5 Å². The fourth-order valence-corrected chi connectivity index (χ4v) is 7.68. The van der Waals surface area contributed by atoms with Gasteiger partial charge < -0.3 is 24.5 Å². The molecular formula is C35H43N3O5. The summed E-state index contributed by atoms with van der Waals surface area (Å²) in [5.41, 5.74) is 1.39. The number of hydrogen-bond acceptors (Lipinski definition) is 5. The van der Waals surface area contributed by atoms with Gasteiger partial charge in [-0.1, -0.05) is 49.4 Å². The van der Waals surface area contributed by atoms with Gasteiger partial charge in [0.15, 0.2) is 0 Å². The molecule has 0 saturated carbocycles. The highest BCUT2D eigenvalue weighted by molar-refractivity contribution is 6.07. The van der Waals surface area contributed by atoms with Gasteiger partial charge in [0.25, 0.3) is 5.91 Å². The quantitative estimate of drug-likeness (QED) is 0.369. The molecule has 2 bridgehead atoms. The lowest BCUT2D eigenvalue weighted by Gasteiger charge is -2.37. The number of carbonyl (C=O) groups excluding carboxylic acids is 3. The predicted molar refractivity (Wildman–Crippen MR) is 168 cm³/mol. The van der Waals surface area contributed by atoms with Crippen LogP contribution in [0.25, 0.3) is 0 Å². The number of carbonyl (C=O) groups is 3. The maximum Gasteiger partial charge on any atom is 0.253 e. The van der Waals surface area contributed by atoms with Crippen molar-refractivity contribution in [2.24, 2.45) is 11.8 Å². The van der Waals surface area contributed by atoms with Crippen LogP contribution >= 0.6 is 0 Å². The molecule has 228 valence electrons. The first kappa shape index (κ1) is 30.7. The zero-order valence-corrected chi connectivity index (χ0v) is 25.5. The van der Waals surface area contributed by atoms with Crippen molar-refractivity contribution < 1.29 is 24.2 Å². The molecule has 0 aliphatic carbocycles. The van der Waals surface area contributed by atoms with Gasteiger partial charge in [-0.25, -0.2) is 0 Å². The van der Waals surface area contributed by atoms with Crippen LogP contribution in [0.2, 0.25) is 0 Å². The highest BCUT2D eigenvalue weighted by atomic mass is 16.5. The van der Waals surface area contributed by atoms with E-state index in [-0.39, 0.29) is 44.0 Å². The summed E-state index contributed by atoms with van der Waals surface area (Å²) in [7, 11) is 0. The van der Waals surface area contributed by atoms with Gasteiger partial charge in [0.1, 0.15) is 11.6 Å². The first-order valence-electron chi connectivity index (χ1n) is 15.3. The first-order chi connectivity index (χ1) is 20.7. The Morgan fingerprint density at radius 3 is 2.40 bits per heavy atom. The minimum Gasteiger partial charge on any atom is -0.396 e. The molecule has 5 atom stereocenters. The lowest BCUT2D eigenvalue weighted by molar-refractivity contribution is -0.146. The van der Waals surface area contributed by atoms with Crippen LogP contribution in [-0.4, -0.2) is 71.2 Å². The monoisotopic (exact) mass is 585 g/mol. The molecule has 2 unspecified atom stereocenters. The topological polar surface area (TPSA) is 90.4 Å². The van der Waals surface area contributed by atoms with Gasteiger partial charge >= 0.3 is 0 Å². The second-order valence-corrected chi connectivity index (χ2v) is 12.0. The largest absolute Gasteiger partial charge is 0.396 e. The summed E-state index contributed by atoms with van der Waals surface area (Å²) >= 11 is 0. The maximum absolute atomic E-state index is 14.8. The number of fused-ring (bicyclic) bond motifs is 1. The number of ether oxygens (including phenoxy) is 1. The average molecular weight is 586 g/mol. The van der Waals surface area contributed by atoms with Crippen molar-refractivity contribution in [3.8, 4) is 0 Å². The molecule has 3 amide bonds. The van der Waals surface area contributed by atoms with Gasteiger partial charge in [-0.2, -0.15) is 0 Å². The Hall–Kier alpha value is -3.75. The predicted octanol–water partition coefficient (Wildman–Crippen LogP) is 4.58. The smallest absolute Gasteiger partial charge is 0.253 e. The molecule has 0 radical (unpaired) electrons. The number of benzene rings is 2. The van der Waals surface area contributed by atoms with Crippen molar-refractivity contribution in [1.29, 1.82) is 0 Å². The number of likely N-dealkylation sites (tertiary alicyclic amines) is 1. The van der Waals surface area contributed by atoms with E-state index in [0.717, 1.165) is 22.5 Å². The maximum atomic E-state index is 14.8. The molecule has 3 fully saturated rings. The summed E-state index contributed by atoms with van der Waals surface area (Å²) < 4.78 is 6.98. The fourth-order valence-electron chi connectivity index (χ4n) is 7.68. The van der Waals surface area contributed by atoms with Crippen LogP contribution < -0.4 is 9.80 Å². The Kier molecular flexibility index (Phi) is 8.63. The number of aliphatic hydroxyl groups excluding tert-OH is 1. The standard InChI is InChI=1S/C35H43N3O5/c1-6-19-36(26-13-10-9-11-14-26)31(40)28-29-32(41)38(21-12-22-39)30(35(29)18-17-34(28,8-3)43-35)33(42)37(20-7-2)27-23-24(4)15-16-25(27)5/h6-7,9-11,13-16,23,28-30,39H,1-2,8,12,17-22H2,3-5H3/t28-,29+,30?,34+,35?/m1/s1. The number of aryl methyl sites for hydroxylation is 2. The van der Waals surface area contributed by atoms with E-state index in [1.165, 1.54) is 0 Å². The second-order valence-electron chi connectivity index (χ2n) is 12.0. The van der Waals surface area contributed by atoms with Crippen LogP contribution in [0, 0.1) is 25.7 Å². The zero-order chi connectivity index (χ0) is 30.9. The first-order valence-corrected chi connectivity index (χ1v) is 15.3. The van der Waals surface area contributed by atoms with Crippen molar-refractivity contribution in [3.05, 3.63) is 85.0 Å². The molecule has 0 aromatic heterocycles. The summed E-state index contributed by atoms with van der Waals surface area (Å²) in [5, 5.41) is 9.74. The number of hydrogen-bond donors (Lipinski definition) is 1. The number of aliphatic hydroxyl groups is 1. The minimum atomic E-state index is -1.16. The van der Waals surface area contributed by atoms with Crippen molar-refractivity contribution in [1.82, 2.24) is 4.90 Å². The Labute approximate surface area is 254 Å². The molecule has 1 spiro atoms. The average Bonchev–Trinajstić information content (AvgIpc) is 3.62. The molecule has 3 aliphatic rings. The molecule has 1 N–H and O–H groups in total. The fraction of sp³-hybridized carbons (Fsp3) is 0.457. The molecule has 3 heterocycles. The summed E-state index contributed by atoms with van der Waals surface area (Å²) in [6, 6.07) is 14.4. The van der Waals surface area contributed by atoms with E-state index in [2.05, 4.69) is 13.2 Å². The van der Waals surface area contributed by atoms with Gasteiger partial charge in [0, 0.05) is 37.6 Å². The van der Waals surface area contributed by atoms with Crippen LogP contribution in [-0.2, 0) is 19.1 Å². The summed E-state index contributed by atoms with van der Waals surface area (Å²) in [6.45, 7) is 14.3. The van der Waals surface area contributed by atoms with E-state index < -0.39 is 29.1 Å². The van der Waals surface area contributed by atoms with Crippen molar-refractivity contribution in [2.45, 2.75) is 63.7 Å². The Morgan fingerprint density at radius 2 is 1.74 bits per heavy atom. The molecule has 3 aliphatic heterocycles. The molecule has 8 nitrogen and oxygen atoms in total. The Bertz CT molecular complexity index is 1410. The SMILES string of the molecule is C=CCN(C(=O)[C@H]1[C@H]2C(=O)N(CCCO)C(C(=O)N(CC=C)c3cc(C)ccc3C)C23CC[C@]1(CC)O3)c1ccccc1. The van der Waals surface area contributed by atoms with Crippen molar-refractivity contribution in [3.63, 3.8) is 0 Å².